The number of rotatable bonds is 5. The van der Waals surface area contributed by atoms with Crippen molar-refractivity contribution in [1.29, 1.82) is 0 Å². The van der Waals surface area contributed by atoms with E-state index in [1.807, 2.05) is 45.0 Å². The molecule has 0 spiro atoms. The number of nitro groups is 1. The fraction of sp³-hybridized carbons (Fsp3) is 0.381. The number of hydrogen-bond acceptors (Lipinski definition) is 5. The molecular formula is C21H23BrN2O4. The van der Waals surface area contributed by atoms with Crippen molar-refractivity contribution in [2.24, 2.45) is 5.41 Å². The van der Waals surface area contributed by atoms with Crippen LogP contribution in [0, 0.1) is 15.5 Å². The Bertz CT molecular complexity index is 908. The predicted octanol–water partition coefficient (Wildman–Crippen LogP) is 4.88. The smallest absolute Gasteiger partial charge is 0.311 e. The highest BCUT2D eigenvalue weighted by Crippen LogP contribution is 2.37. The summed E-state index contributed by atoms with van der Waals surface area (Å²) in [4.78, 5) is 25.1. The Morgan fingerprint density at radius 3 is 2.64 bits per heavy atom. The van der Waals surface area contributed by atoms with Crippen LogP contribution in [0.15, 0.2) is 46.9 Å². The summed E-state index contributed by atoms with van der Waals surface area (Å²) in [6.45, 7) is 6.32. The number of hydrogen-bond donors (Lipinski definition) is 0. The molecule has 0 amide bonds. The first-order valence-corrected chi connectivity index (χ1v) is 9.90. The third-order valence-corrected chi connectivity index (χ3v) is 5.57. The monoisotopic (exact) mass is 446 g/mol. The molecular weight excluding hydrogens is 424 g/mol. The Morgan fingerprint density at radius 1 is 1.29 bits per heavy atom. The second-order valence-electron chi connectivity index (χ2n) is 8.00. The molecule has 1 aliphatic heterocycles. The van der Waals surface area contributed by atoms with Crippen molar-refractivity contribution >= 4 is 33.3 Å². The van der Waals surface area contributed by atoms with Crippen LogP contribution < -0.4 is 4.90 Å². The zero-order valence-electron chi connectivity index (χ0n) is 16.1. The zero-order chi connectivity index (χ0) is 20.5. The van der Waals surface area contributed by atoms with Crippen LogP contribution in [0.5, 0.6) is 0 Å². The van der Waals surface area contributed by atoms with E-state index >= 15 is 0 Å². The maximum absolute atomic E-state index is 12.2. The van der Waals surface area contributed by atoms with Crippen LogP contribution in [-0.4, -0.2) is 23.5 Å². The maximum Gasteiger partial charge on any atom is 0.311 e. The minimum absolute atomic E-state index is 0.0737. The zero-order valence-corrected chi connectivity index (χ0v) is 17.7. The summed E-state index contributed by atoms with van der Waals surface area (Å²) in [6, 6.07) is 12.8. The second-order valence-corrected chi connectivity index (χ2v) is 8.85. The predicted molar refractivity (Wildman–Crippen MR) is 111 cm³/mol. The van der Waals surface area contributed by atoms with Gasteiger partial charge in [0, 0.05) is 28.8 Å². The number of non-ortho nitro benzene ring substituents is 1. The van der Waals surface area contributed by atoms with Gasteiger partial charge in [0.05, 0.1) is 16.4 Å². The third kappa shape index (κ3) is 4.35. The molecule has 3 rings (SSSR count). The number of carbonyl (C=O) groups excluding carboxylic acids is 1. The summed E-state index contributed by atoms with van der Waals surface area (Å²) < 4.78 is 6.57. The van der Waals surface area contributed by atoms with Gasteiger partial charge in [0.25, 0.3) is 5.69 Å². The van der Waals surface area contributed by atoms with Crippen molar-refractivity contribution in [2.75, 3.05) is 11.5 Å². The van der Waals surface area contributed by atoms with Crippen molar-refractivity contribution < 1.29 is 14.5 Å². The number of carbonyl (C=O) groups is 1. The topological polar surface area (TPSA) is 72.7 Å². The lowest BCUT2D eigenvalue weighted by atomic mass is 9.97. The molecule has 0 aliphatic carbocycles. The molecule has 28 heavy (non-hydrogen) atoms. The highest BCUT2D eigenvalue weighted by molar-refractivity contribution is 9.10. The lowest BCUT2D eigenvalue weighted by Gasteiger charge is -2.29. The van der Waals surface area contributed by atoms with Crippen LogP contribution in [0.25, 0.3) is 0 Å². The number of anilines is 1. The second kappa shape index (κ2) is 7.91. The summed E-state index contributed by atoms with van der Waals surface area (Å²) >= 11 is 3.58. The lowest BCUT2D eigenvalue weighted by molar-refractivity contribution is -0.384. The lowest BCUT2D eigenvalue weighted by Crippen LogP contribution is -2.37. The van der Waals surface area contributed by atoms with E-state index in [1.165, 1.54) is 6.07 Å². The molecule has 0 saturated carbocycles. The van der Waals surface area contributed by atoms with Crippen LogP contribution in [0.1, 0.15) is 31.9 Å². The first kappa shape index (κ1) is 20.3. The van der Waals surface area contributed by atoms with E-state index < -0.39 is 5.41 Å². The van der Waals surface area contributed by atoms with Gasteiger partial charge in [-0.15, -0.1) is 0 Å². The molecule has 0 aromatic heterocycles. The molecule has 6 nitrogen and oxygen atoms in total. The Hall–Kier alpha value is -2.41. The average Bonchev–Trinajstić information content (AvgIpc) is 2.97. The molecule has 2 aromatic rings. The van der Waals surface area contributed by atoms with E-state index in [1.54, 1.807) is 12.1 Å². The number of fused-ring (bicyclic) bond motifs is 1. The quantitative estimate of drug-likeness (QED) is 0.371. The van der Waals surface area contributed by atoms with E-state index in [9.17, 15) is 14.9 Å². The Labute approximate surface area is 172 Å². The number of benzene rings is 2. The van der Waals surface area contributed by atoms with Crippen molar-refractivity contribution in [3.05, 3.63) is 68.2 Å². The van der Waals surface area contributed by atoms with Crippen molar-refractivity contribution in [3.63, 3.8) is 0 Å². The van der Waals surface area contributed by atoms with Gasteiger partial charge in [-0.25, -0.2) is 0 Å². The average molecular weight is 447 g/mol. The number of esters is 1. The molecule has 148 valence electrons. The molecule has 0 saturated heterocycles. The van der Waals surface area contributed by atoms with Gasteiger partial charge in [0.15, 0.2) is 0 Å². The molecule has 0 unspecified atom stereocenters. The number of halogens is 1. The minimum Gasteiger partial charge on any atom is -0.463 e. The molecule has 2 aromatic carbocycles. The molecule has 0 N–H and O–H groups in total. The number of ether oxygens (including phenoxy) is 1. The highest BCUT2D eigenvalue weighted by atomic mass is 79.9. The van der Waals surface area contributed by atoms with Crippen molar-refractivity contribution in [2.45, 2.75) is 39.8 Å². The van der Waals surface area contributed by atoms with Gasteiger partial charge in [-0.2, -0.15) is 0 Å². The summed E-state index contributed by atoms with van der Waals surface area (Å²) in [5, 5.41) is 11.1. The Morgan fingerprint density at radius 2 is 2.00 bits per heavy atom. The molecule has 1 atom stereocenters. The van der Waals surface area contributed by atoms with Gasteiger partial charge >= 0.3 is 5.97 Å². The van der Waals surface area contributed by atoms with Crippen LogP contribution in [-0.2, 0) is 22.5 Å². The molecule has 7 heteroatoms. The third-order valence-electron chi connectivity index (χ3n) is 4.80. The Kier molecular flexibility index (Phi) is 5.74. The SMILES string of the molecule is CC(C)(C)C(=O)OC[C@H]1Cc2cc([N+](=O)[O-])ccc2N1Cc1ccccc1Br. The van der Waals surface area contributed by atoms with Crippen LogP contribution >= 0.6 is 15.9 Å². The van der Waals surface area contributed by atoms with E-state index in [2.05, 4.69) is 20.8 Å². The minimum atomic E-state index is -0.572. The maximum atomic E-state index is 12.2. The first-order valence-electron chi connectivity index (χ1n) is 9.11. The molecule has 1 heterocycles. The van der Waals surface area contributed by atoms with E-state index in [0.29, 0.717) is 13.0 Å². The summed E-state index contributed by atoms with van der Waals surface area (Å²) in [5.41, 5.74) is 2.45. The summed E-state index contributed by atoms with van der Waals surface area (Å²) in [6.07, 6.45) is 0.596. The van der Waals surface area contributed by atoms with Crippen LogP contribution in [0.3, 0.4) is 0 Å². The fourth-order valence-electron chi connectivity index (χ4n) is 3.25. The van der Waals surface area contributed by atoms with Gasteiger partial charge in [0.1, 0.15) is 6.61 Å². The molecule has 0 bridgehead atoms. The van der Waals surface area contributed by atoms with Crippen molar-refractivity contribution in [1.82, 2.24) is 0 Å². The van der Waals surface area contributed by atoms with E-state index in [4.69, 9.17) is 4.74 Å². The van der Waals surface area contributed by atoms with Crippen LogP contribution in [0.2, 0.25) is 0 Å². The Balaban J connectivity index is 1.88. The molecule has 0 fully saturated rings. The van der Waals surface area contributed by atoms with Gasteiger partial charge in [-0.05, 0) is 50.5 Å². The molecule has 1 aliphatic rings. The number of nitro benzene ring substituents is 1. The van der Waals surface area contributed by atoms with Gasteiger partial charge in [-0.1, -0.05) is 34.1 Å². The normalized spacial score (nSPS) is 16.0. The van der Waals surface area contributed by atoms with E-state index in [-0.39, 0.29) is 29.2 Å². The van der Waals surface area contributed by atoms with Gasteiger partial charge in [-0.3, -0.25) is 14.9 Å². The van der Waals surface area contributed by atoms with Crippen molar-refractivity contribution in [3.8, 4) is 0 Å². The highest BCUT2D eigenvalue weighted by Gasteiger charge is 2.33. The summed E-state index contributed by atoms with van der Waals surface area (Å²) in [5.74, 6) is -0.254. The number of nitrogens with zero attached hydrogens (tertiary/aromatic N) is 2. The standard InChI is InChI=1S/C21H23BrN2O4/c1-21(2,3)20(25)28-13-17-11-15-10-16(24(26)27)8-9-19(15)23(17)12-14-6-4-5-7-18(14)22/h4-10,17H,11-13H2,1-3H3/t17-/m1/s1. The largest absolute Gasteiger partial charge is 0.463 e. The molecule has 0 radical (unpaired) electrons. The first-order chi connectivity index (χ1) is 13.2. The fourth-order valence-corrected chi connectivity index (χ4v) is 3.66. The van der Waals surface area contributed by atoms with Gasteiger partial charge in [0.2, 0.25) is 0 Å². The van der Waals surface area contributed by atoms with Crippen LogP contribution in [0.4, 0.5) is 11.4 Å². The summed E-state index contributed by atoms with van der Waals surface area (Å²) in [7, 11) is 0. The van der Waals surface area contributed by atoms with E-state index in [0.717, 1.165) is 21.3 Å². The van der Waals surface area contributed by atoms with Gasteiger partial charge < -0.3 is 9.64 Å².